The first-order valence-electron chi connectivity index (χ1n) is 7.51. The molecule has 1 atom stereocenters. The zero-order valence-electron chi connectivity index (χ0n) is 12.3. The quantitative estimate of drug-likeness (QED) is 0.926. The summed E-state index contributed by atoms with van der Waals surface area (Å²) in [6, 6.07) is 5.78. The van der Waals surface area contributed by atoms with Gasteiger partial charge in [0.1, 0.15) is 13.2 Å². The Kier molecular flexibility index (Phi) is 4.29. The second kappa shape index (κ2) is 6.35. The van der Waals surface area contributed by atoms with Crippen molar-refractivity contribution in [3.63, 3.8) is 0 Å². The topological polar surface area (TPSA) is 56.8 Å². The lowest BCUT2D eigenvalue weighted by molar-refractivity contribution is -0.128. The van der Waals surface area contributed by atoms with E-state index in [4.69, 9.17) is 14.2 Å². The van der Waals surface area contributed by atoms with Crippen molar-refractivity contribution in [1.29, 1.82) is 0 Å². The Labute approximate surface area is 124 Å². The maximum atomic E-state index is 12.2. The molecule has 5 nitrogen and oxygen atoms in total. The molecule has 0 radical (unpaired) electrons. The Balaban J connectivity index is 1.64. The van der Waals surface area contributed by atoms with Crippen LogP contribution >= 0.6 is 0 Å². The summed E-state index contributed by atoms with van der Waals surface area (Å²) in [6.07, 6.45) is 1.61. The Bertz CT molecular complexity index is 511. The molecule has 1 aromatic carbocycles. The number of carbonyl (C=O) groups is 1. The summed E-state index contributed by atoms with van der Waals surface area (Å²) in [5.41, 5.74) is 1.03. The van der Waals surface area contributed by atoms with Crippen molar-refractivity contribution < 1.29 is 19.0 Å². The van der Waals surface area contributed by atoms with E-state index < -0.39 is 0 Å². The number of fused-ring (bicyclic) bond motifs is 1. The third kappa shape index (κ3) is 3.29. The van der Waals surface area contributed by atoms with Crippen LogP contribution in [-0.2, 0) is 9.53 Å². The summed E-state index contributed by atoms with van der Waals surface area (Å²) in [5, 5.41) is 3.08. The number of carbonyl (C=O) groups excluding carboxylic acids is 1. The summed E-state index contributed by atoms with van der Waals surface area (Å²) in [6.45, 7) is 4.50. The van der Waals surface area contributed by atoms with E-state index in [9.17, 15) is 4.79 Å². The molecule has 0 aliphatic carbocycles. The Morgan fingerprint density at radius 2 is 1.86 bits per heavy atom. The Hall–Kier alpha value is -1.75. The molecule has 1 unspecified atom stereocenters. The van der Waals surface area contributed by atoms with Gasteiger partial charge in [-0.1, -0.05) is 6.07 Å². The number of hydrogen-bond donors (Lipinski definition) is 1. The van der Waals surface area contributed by atoms with Gasteiger partial charge in [0.05, 0.1) is 6.04 Å². The van der Waals surface area contributed by atoms with Crippen LogP contribution in [-0.4, -0.2) is 32.3 Å². The van der Waals surface area contributed by atoms with Crippen molar-refractivity contribution in [3.8, 4) is 11.5 Å². The highest BCUT2D eigenvalue weighted by molar-refractivity contribution is 5.79. The maximum Gasteiger partial charge on any atom is 0.223 e. The lowest BCUT2D eigenvalue weighted by atomic mass is 9.98. The Morgan fingerprint density at radius 1 is 1.14 bits per heavy atom. The Morgan fingerprint density at radius 3 is 2.62 bits per heavy atom. The molecule has 1 saturated heterocycles. The molecule has 2 aliphatic heterocycles. The second-order valence-corrected chi connectivity index (χ2v) is 5.52. The summed E-state index contributed by atoms with van der Waals surface area (Å²) >= 11 is 0. The van der Waals surface area contributed by atoms with Gasteiger partial charge in [-0.25, -0.2) is 0 Å². The highest BCUT2D eigenvalue weighted by Gasteiger charge is 2.23. The van der Waals surface area contributed by atoms with Gasteiger partial charge in [0.15, 0.2) is 11.5 Å². The molecule has 21 heavy (non-hydrogen) atoms. The lowest BCUT2D eigenvalue weighted by Crippen LogP contribution is -2.35. The van der Waals surface area contributed by atoms with E-state index in [1.807, 2.05) is 25.1 Å². The zero-order valence-corrected chi connectivity index (χ0v) is 12.3. The van der Waals surface area contributed by atoms with Gasteiger partial charge in [-0.2, -0.15) is 0 Å². The second-order valence-electron chi connectivity index (χ2n) is 5.52. The monoisotopic (exact) mass is 291 g/mol. The van der Waals surface area contributed by atoms with Crippen LogP contribution < -0.4 is 14.8 Å². The van der Waals surface area contributed by atoms with E-state index in [1.165, 1.54) is 0 Å². The number of benzene rings is 1. The molecule has 0 saturated carbocycles. The van der Waals surface area contributed by atoms with Crippen molar-refractivity contribution in [3.05, 3.63) is 23.8 Å². The molecule has 0 aromatic heterocycles. The molecule has 2 heterocycles. The fourth-order valence-corrected chi connectivity index (χ4v) is 2.70. The minimum atomic E-state index is -0.0452. The number of ether oxygens (including phenoxy) is 3. The third-order valence-corrected chi connectivity index (χ3v) is 4.02. The van der Waals surface area contributed by atoms with Gasteiger partial charge in [-0.05, 0) is 37.5 Å². The summed E-state index contributed by atoms with van der Waals surface area (Å²) in [7, 11) is 0. The average molecular weight is 291 g/mol. The molecule has 1 N–H and O–H groups in total. The maximum absolute atomic E-state index is 12.2. The largest absolute Gasteiger partial charge is 0.486 e. The van der Waals surface area contributed by atoms with Gasteiger partial charge < -0.3 is 19.5 Å². The predicted octanol–water partition coefficient (Wildman–Crippen LogP) is 2.06. The minimum Gasteiger partial charge on any atom is -0.486 e. The zero-order chi connectivity index (χ0) is 14.7. The van der Waals surface area contributed by atoms with Gasteiger partial charge in [0, 0.05) is 19.1 Å². The molecule has 5 heteroatoms. The van der Waals surface area contributed by atoms with Gasteiger partial charge in [0.2, 0.25) is 5.91 Å². The molecule has 0 spiro atoms. The molecule has 3 rings (SSSR count). The molecule has 1 amide bonds. The van der Waals surface area contributed by atoms with E-state index in [0.717, 1.165) is 29.9 Å². The smallest absolute Gasteiger partial charge is 0.223 e. The van der Waals surface area contributed by atoms with Crippen LogP contribution in [0.3, 0.4) is 0 Å². The van der Waals surface area contributed by atoms with Crippen LogP contribution in [0.15, 0.2) is 18.2 Å². The van der Waals surface area contributed by atoms with Crippen molar-refractivity contribution in [2.75, 3.05) is 26.4 Å². The number of hydrogen-bond acceptors (Lipinski definition) is 4. The van der Waals surface area contributed by atoms with Crippen molar-refractivity contribution >= 4 is 5.91 Å². The average Bonchev–Trinajstić information content (AvgIpc) is 2.55. The fourth-order valence-electron chi connectivity index (χ4n) is 2.70. The first-order chi connectivity index (χ1) is 10.2. The van der Waals surface area contributed by atoms with Crippen LogP contribution in [0, 0.1) is 5.92 Å². The van der Waals surface area contributed by atoms with Crippen LogP contribution in [0.1, 0.15) is 31.4 Å². The van der Waals surface area contributed by atoms with Gasteiger partial charge in [-0.15, -0.1) is 0 Å². The van der Waals surface area contributed by atoms with Crippen molar-refractivity contribution in [2.24, 2.45) is 5.92 Å². The minimum absolute atomic E-state index is 0.0452. The normalized spacial score (nSPS) is 19.9. The SMILES string of the molecule is CC(NC(=O)C1CCOCC1)c1ccc2c(c1)OCCO2. The van der Waals surface area contributed by atoms with Crippen molar-refractivity contribution in [1.82, 2.24) is 5.32 Å². The summed E-state index contributed by atoms with van der Waals surface area (Å²) in [4.78, 5) is 12.2. The number of nitrogens with one attached hydrogen (secondary N) is 1. The highest BCUT2D eigenvalue weighted by atomic mass is 16.6. The first-order valence-corrected chi connectivity index (χ1v) is 7.51. The van der Waals surface area contributed by atoms with Crippen molar-refractivity contribution in [2.45, 2.75) is 25.8 Å². The molecule has 1 aromatic rings. The summed E-state index contributed by atoms with van der Waals surface area (Å²) in [5.74, 6) is 1.71. The molecule has 2 aliphatic rings. The van der Waals surface area contributed by atoms with E-state index in [2.05, 4.69) is 5.32 Å². The molecule has 0 bridgehead atoms. The highest BCUT2D eigenvalue weighted by Crippen LogP contribution is 2.32. The number of amides is 1. The van der Waals surface area contributed by atoms with Crippen LogP contribution in [0.4, 0.5) is 0 Å². The molecule has 114 valence electrons. The van der Waals surface area contributed by atoms with E-state index >= 15 is 0 Å². The van der Waals surface area contributed by atoms with E-state index in [1.54, 1.807) is 0 Å². The van der Waals surface area contributed by atoms with E-state index in [-0.39, 0.29) is 17.9 Å². The van der Waals surface area contributed by atoms with Gasteiger partial charge in [0.25, 0.3) is 0 Å². The van der Waals surface area contributed by atoms with E-state index in [0.29, 0.717) is 26.4 Å². The lowest BCUT2D eigenvalue weighted by Gasteiger charge is -2.24. The van der Waals surface area contributed by atoms with Crippen LogP contribution in [0.25, 0.3) is 0 Å². The van der Waals surface area contributed by atoms with Gasteiger partial charge >= 0.3 is 0 Å². The molecular weight excluding hydrogens is 270 g/mol. The third-order valence-electron chi connectivity index (χ3n) is 4.02. The predicted molar refractivity (Wildman–Crippen MR) is 77.5 cm³/mol. The van der Waals surface area contributed by atoms with Crippen LogP contribution in [0.2, 0.25) is 0 Å². The van der Waals surface area contributed by atoms with Crippen LogP contribution in [0.5, 0.6) is 11.5 Å². The molecular formula is C16H21NO4. The fraction of sp³-hybridized carbons (Fsp3) is 0.562. The standard InChI is InChI=1S/C16H21NO4/c1-11(17-16(18)12-4-6-19-7-5-12)13-2-3-14-15(10-13)21-9-8-20-14/h2-3,10-12H,4-9H2,1H3,(H,17,18). The van der Waals surface area contributed by atoms with Gasteiger partial charge in [-0.3, -0.25) is 4.79 Å². The first kappa shape index (κ1) is 14.2. The summed E-state index contributed by atoms with van der Waals surface area (Å²) < 4.78 is 16.4. The molecule has 1 fully saturated rings. The number of rotatable bonds is 3.